The third kappa shape index (κ3) is 4.26. The van der Waals surface area contributed by atoms with Gasteiger partial charge in [0.25, 0.3) is 0 Å². The molecule has 0 N–H and O–H groups in total. The molecule has 156 valence electrons. The first kappa shape index (κ1) is 20.8. The number of ether oxygens (including phenoxy) is 5. The molecule has 1 saturated heterocycles. The van der Waals surface area contributed by atoms with Gasteiger partial charge < -0.3 is 23.7 Å². The molecule has 3 rings (SSSR count). The molecule has 0 amide bonds. The van der Waals surface area contributed by atoms with Crippen LogP contribution in [0.25, 0.3) is 0 Å². The van der Waals surface area contributed by atoms with Crippen molar-refractivity contribution in [2.75, 3.05) is 35.0 Å². The van der Waals surface area contributed by atoms with Gasteiger partial charge in [-0.05, 0) is 48.2 Å². The molecule has 2 aromatic rings. The fraction of sp³-hybridized carbons (Fsp3) is 0.435. The minimum atomic E-state index is -0.330. The zero-order valence-corrected chi connectivity index (χ0v) is 17.6. The van der Waals surface area contributed by atoms with Crippen LogP contribution in [0.5, 0.6) is 23.0 Å². The van der Waals surface area contributed by atoms with Crippen LogP contribution in [0.15, 0.2) is 36.4 Å². The maximum Gasteiger partial charge on any atom is 0.309 e. The Hall–Kier alpha value is -2.89. The summed E-state index contributed by atoms with van der Waals surface area (Å²) in [6, 6.07) is 11.6. The van der Waals surface area contributed by atoms with Gasteiger partial charge in [0.2, 0.25) is 0 Å². The van der Waals surface area contributed by atoms with Crippen molar-refractivity contribution in [2.24, 2.45) is 11.3 Å². The topological polar surface area (TPSA) is 63.2 Å². The van der Waals surface area contributed by atoms with Crippen molar-refractivity contribution in [3.05, 3.63) is 47.5 Å². The summed E-state index contributed by atoms with van der Waals surface area (Å²) >= 11 is 0. The predicted octanol–water partition coefficient (Wildman–Crippen LogP) is 3.69. The molecule has 0 aliphatic carbocycles. The number of benzene rings is 2. The number of esters is 1. The largest absolute Gasteiger partial charge is 0.493 e. The maximum atomic E-state index is 12.6. The predicted molar refractivity (Wildman–Crippen MR) is 109 cm³/mol. The lowest BCUT2D eigenvalue weighted by atomic mass is 9.72. The van der Waals surface area contributed by atoms with Gasteiger partial charge in [0.15, 0.2) is 23.0 Å². The molecular formula is C23H28O6. The van der Waals surface area contributed by atoms with E-state index in [1.807, 2.05) is 36.4 Å². The highest BCUT2D eigenvalue weighted by atomic mass is 16.5. The lowest BCUT2D eigenvalue weighted by molar-refractivity contribution is -0.141. The molecule has 0 radical (unpaired) electrons. The molecule has 0 saturated carbocycles. The minimum absolute atomic E-state index is 0.164. The van der Waals surface area contributed by atoms with Gasteiger partial charge in [0.1, 0.15) is 0 Å². The first-order valence-corrected chi connectivity index (χ1v) is 9.52. The van der Waals surface area contributed by atoms with Crippen LogP contribution < -0.4 is 18.9 Å². The van der Waals surface area contributed by atoms with E-state index in [-0.39, 0.29) is 17.3 Å². The first-order chi connectivity index (χ1) is 13.9. The van der Waals surface area contributed by atoms with Crippen molar-refractivity contribution in [3.8, 4) is 23.0 Å². The number of rotatable bonds is 8. The highest BCUT2D eigenvalue weighted by Crippen LogP contribution is 2.42. The van der Waals surface area contributed by atoms with Crippen LogP contribution in [-0.2, 0) is 22.4 Å². The smallest absolute Gasteiger partial charge is 0.309 e. The van der Waals surface area contributed by atoms with Gasteiger partial charge >= 0.3 is 5.97 Å². The number of hydrogen-bond donors (Lipinski definition) is 0. The molecule has 0 unspecified atom stereocenters. The Labute approximate surface area is 171 Å². The fourth-order valence-electron chi connectivity index (χ4n) is 3.93. The first-order valence-electron chi connectivity index (χ1n) is 9.52. The van der Waals surface area contributed by atoms with Crippen molar-refractivity contribution in [1.82, 2.24) is 0 Å². The van der Waals surface area contributed by atoms with Gasteiger partial charge in [-0.25, -0.2) is 0 Å². The molecular weight excluding hydrogens is 372 g/mol. The van der Waals surface area contributed by atoms with Crippen molar-refractivity contribution in [3.63, 3.8) is 0 Å². The molecule has 1 fully saturated rings. The van der Waals surface area contributed by atoms with E-state index in [0.717, 1.165) is 11.1 Å². The van der Waals surface area contributed by atoms with E-state index in [4.69, 9.17) is 23.7 Å². The van der Waals surface area contributed by atoms with E-state index < -0.39 is 0 Å². The average Bonchev–Trinajstić information content (AvgIpc) is 3.01. The number of carbonyl (C=O) groups is 1. The second-order valence-corrected chi connectivity index (χ2v) is 7.57. The van der Waals surface area contributed by atoms with E-state index in [0.29, 0.717) is 42.4 Å². The molecule has 1 aliphatic rings. The Morgan fingerprint density at radius 2 is 1.38 bits per heavy atom. The summed E-state index contributed by atoms with van der Waals surface area (Å²) in [7, 11) is 6.44. The van der Waals surface area contributed by atoms with E-state index in [1.54, 1.807) is 28.4 Å². The van der Waals surface area contributed by atoms with Gasteiger partial charge in [-0.2, -0.15) is 0 Å². The molecule has 29 heavy (non-hydrogen) atoms. The van der Waals surface area contributed by atoms with Crippen molar-refractivity contribution < 1.29 is 28.5 Å². The number of cyclic esters (lactones) is 1. The van der Waals surface area contributed by atoms with Crippen molar-refractivity contribution in [1.29, 1.82) is 0 Å². The van der Waals surface area contributed by atoms with Crippen LogP contribution >= 0.6 is 0 Å². The van der Waals surface area contributed by atoms with E-state index in [9.17, 15) is 4.79 Å². The second kappa shape index (κ2) is 8.64. The fourth-order valence-corrected chi connectivity index (χ4v) is 3.93. The summed E-state index contributed by atoms with van der Waals surface area (Å²) in [6.45, 7) is 2.48. The average molecular weight is 400 g/mol. The van der Waals surface area contributed by atoms with Gasteiger partial charge in [-0.15, -0.1) is 0 Å². The zero-order valence-electron chi connectivity index (χ0n) is 17.6. The minimum Gasteiger partial charge on any atom is -0.493 e. The maximum absolute atomic E-state index is 12.6. The molecule has 1 aliphatic heterocycles. The van der Waals surface area contributed by atoms with E-state index in [1.165, 1.54) is 0 Å². The monoisotopic (exact) mass is 400 g/mol. The van der Waals surface area contributed by atoms with Crippen molar-refractivity contribution in [2.45, 2.75) is 19.8 Å². The third-order valence-electron chi connectivity index (χ3n) is 5.61. The van der Waals surface area contributed by atoms with Crippen molar-refractivity contribution >= 4 is 5.97 Å². The van der Waals surface area contributed by atoms with Crippen LogP contribution in [0.4, 0.5) is 0 Å². The lowest BCUT2D eigenvalue weighted by Gasteiger charge is -2.28. The highest BCUT2D eigenvalue weighted by molar-refractivity contribution is 5.76. The summed E-state index contributed by atoms with van der Waals surface area (Å²) in [5, 5.41) is 0. The quantitative estimate of drug-likeness (QED) is 0.630. The lowest BCUT2D eigenvalue weighted by Crippen LogP contribution is -2.31. The third-order valence-corrected chi connectivity index (χ3v) is 5.61. The summed E-state index contributed by atoms with van der Waals surface area (Å²) in [5.41, 5.74) is 1.75. The number of hydrogen-bond acceptors (Lipinski definition) is 6. The summed E-state index contributed by atoms with van der Waals surface area (Å²) in [5.74, 6) is 2.25. The summed E-state index contributed by atoms with van der Waals surface area (Å²) in [6.07, 6.45) is 1.26. The summed E-state index contributed by atoms with van der Waals surface area (Å²) < 4.78 is 26.9. The Balaban J connectivity index is 1.84. The van der Waals surface area contributed by atoms with Gasteiger partial charge in [-0.3, -0.25) is 4.79 Å². The Morgan fingerprint density at radius 3 is 1.93 bits per heavy atom. The summed E-state index contributed by atoms with van der Waals surface area (Å²) in [4.78, 5) is 12.6. The standard InChI is InChI=1S/C23H28O6/c1-23(13-16-7-9-19(26-3)21(12-16)28-5)14-29-22(24)17(23)10-15-6-8-18(25-2)20(11-15)27-4/h6-9,11-12,17H,10,13-14H2,1-5H3/t17-,23-/m0/s1. The molecule has 2 aromatic carbocycles. The molecule has 6 nitrogen and oxygen atoms in total. The van der Waals surface area contributed by atoms with Crippen LogP contribution in [0.2, 0.25) is 0 Å². The van der Waals surface area contributed by atoms with E-state index in [2.05, 4.69) is 6.92 Å². The highest BCUT2D eigenvalue weighted by Gasteiger charge is 2.46. The van der Waals surface area contributed by atoms with Gasteiger partial charge in [0.05, 0.1) is 41.0 Å². The number of methoxy groups -OCH3 is 4. The van der Waals surface area contributed by atoms with Gasteiger partial charge in [0, 0.05) is 5.41 Å². The molecule has 0 aromatic heterocycles. The zero-order chi connectivity index (χ0) is 21.0. The van der Waals surface area contributed by atoms with Crippen LogP contribution in [0.3, 0.4) is 0 Å². The second-order valence-electron chi connectivity index (χ2n) is 7.57. The van der Waals surface area contributed by atoms with E-state index >= 15 is 0 Å². The van der Waals surface area contributed by atoms with Crippen LogP contribution in [0.1, 0.15) is 18.1 Å². The molecule has 1 heterocycles. The van der Waals surface area contributed by atoms with Crippen LogP contribution in [-0.4, -0.2) is 41.0 Å². The molecule has 0 bridgehead atoms. The Morgan fingerprint density at radius 1 is 0.862 bits per heavy atom. The normalized spacial score (nSPS) is 20.9. The van der Waals surface area contributed by atoms with Gasteiger partial charge in [-0.1, -0.05) is 19.1 Å². The number of carbonyl (C=O) groups excluding carboxylic acids is 1. The molecule has 0 spiro atoms. The van der Waals surface area contributed by atoms with Crippen LogP contribution in [0, 0.1) is 11.3 Å². The Kier molecular flexibility index (Phi) is 6.20. The molecule has 2 atom stereocenters. The SMILES string of the molecule is COc1ccc(C[C@H]2C(=O)OC[C@]2(C)Cc2ccc(OC)c(OC)c2)cc1OC. The Bertz CT molecular complexity index is 878. The molecule has 6 heteroatoms.